The lowest BCUT2D eigenvalue weighted by Crippen LogP contribution is -2.37. The first-order valence-electron chi connectivity index (χ1n) is 4.94. The molecule has 14 heavy (non-hydrogen) atoms. The largest absolute Gasteiger partial charge is 0.343 e. The van der Waals surface area contributed by atoms with Crippen LogP contribution >= 0.6 is 0 Å². The zero-order chi connectivity index (χ0) is 10.8. The topological polar surface area (TPSA) is 3.24 Å². The van der Waals surface area contributed by atoms with Crippen LogP contribution in [0.5, 0.6) is 0 Å². The molecule has 0 fully saturated rings. The fourth-order valence-electron chi connectivity index (χ4n) is 1.57. The summed E-state index contributed by atoms with van der Waals surface area (Å²) in [6.07, 6.45) is 1.89. The van der Waals surface area contributed by atoms with Gasteiger partial charge in [0, 0.05) is 11.2 Å². The number of rotatable bonds is 2. The smallest absolute Gasteiger partial charge is 0.0440 e. The summed E-state index contributed by atoms with van der Waals surface area (Å²) in [7, 11) is 0. The molecular weight excluding hydrogens is 170 g/mol. The molecule has 0 aromatic heterocycles. The molecule has 0 aliphatic carbocycles. The number of aryl methyl sites for hydroxylation is 1. The molecule has 0 saturated carbocycles. The monoisotopic (exact) mass is 189 g/mol. The third kappa shape index (κ3) is 2.16. The van der Waals surface area contributed by atoms with Gasteiger partial charge in [0.2, 0.25) is 0 Å². The van der Waals surface area contributed by atoms with Gasteiger partial charge in [-0.3, -0.25) is 0 Å². The Kier molecular flexibility index (Phi) is 3.00. The molecule has 1 aromatic rings. The van der Waals surface area contributed by atoms with Crippen molar-refractivity contribution in [3.8, 4) is 0 Å². The van der Waals surface area contributed by atoms with Gasteiger partial charge >= 0.3 is 0 Å². The van der Waals surface area contributed by atoms with Crippen molar-refractivity contribution in [1.82, 2.24) is 0 Å². The van der Waals surface area contributed by atoms with Gasteiger partial charge in [-0.1, -0.05) is 24.8 Å². The Hall–Kier alpha value is -1.24. The van der Waals surface area contributed by atoms with Gasteiger partial charge in [-0.15, -0.1) is 0 Å². The highest BCUT2D eigenvalue weighted by Gasteiger charge is 2.19. The molecule has 1 nitrogen and oxygen atoms in total. The molecule has 0 radical (unpaired) electrons. The maximum atomic E-state index is 3.87. The van der Waals surface area contributed by atoms with Crippen molar-refractivity contribution in [2.75, 3.05) is 4.90 Å². The third-order valence-corrected chi connectivity index (χ3v) is 2.28. The molecule has 0 saturated heterocycles. The number of anilines is 1. The van der Waals surface area contributed by atoms with Gasteiger partial charge in [0.15, 0.2) is 0 Å². The molecule has 0 amide bonds. The molecule has 1 aromatic carbocycles. The summed E-state index contributed by atoms with van der Waals surface area (Å²) in [6.45, 7) is 12.5. The number of hydrogen-bond acceptors (Lipinski definition) is 1. The molecule has 76 valence electrons. The minimum Gasteiger partial charge on any atom is -0.343 e. The van der Waals surface area contributed by atoms with Crippen LogP contribution in [0.4, 0.5) is 5.69 Å². The summed E-state index contributed by atoms with van der Waals surface area (Å²) in [6, 6.07) is 8.37. The molecule has 0 spiro atoms. The van der Waals surface area contributed by atoms with Gasteiger partial charge in [-0.25, -0.2) is 0 Å². The summed E-state index contributed by atoms with van der Waals surface area (Å²) in [4.78, 5) is 2.20. The lowest BCUT2D eigenvalue weighted by molar-refractivity contribution is 0.555. The van der Waals surface area contributed by atoms with Crippen molar-refractivity contribution >= 4 is 5.69 Å². The Morgan fingerprint density at radius 1 is 1.21 bits per heavy atom. The molecule has 0 N–H and O–H groups in total. The Morgan fingerprint density at radius 2 is 1.79 bits per heavy atom. The van der Waals surface area contributed by atoms with E-state index in [0.29, 0.717) is 0 Å². The fraction of sp³-hybridized carbons (Fsp3) is 0.385. The second-order valence-electron chi connectivity index (χ2n) is 4.51. The van der Waals surface area contributed by atoms with Crippen molar-refractivity contribution in [2.45, 2.75) is 33.2 Å². The Morgan fingerprint density at radius 3 is 2.21 bits per heavy atom. The lowest BCUT2D eigenvalue weighted by atomic mass is 10.0. The second kappa shape index (κ2) is 3.87. The fourth-order valence-corrected chi connectivity index (χ4v) is 1.57. The number of para-hydroxylation sites is 1. The third-order valence-electron chi connectivity index (χ3n) is 2.28. The van der Waals surface area contributed by atoms with Crippen LogP contribution in [-0.2, 0) is 0 Å². The van der Waals surface area contributed by atoms with Gasteiger partial charge in [-0.2, -0.15) is 0 Å². The van der Waals surface area contributed by atoms with E-state index < -0.39 is 0 Å². The molecule has 0 bridgehead atoms. The van der Waals surface area contributed by atoms with Gasteiger partial charge < -0.3 is 4.90 Å². The van der Waals surface area contributed by atoms with Crippen molar-refractivity contribution in [2.24, 2.45) is 0 Å². The molecule has 0 aliphatic heterocycles. The summed E-state index contributed by atoms with van der Waals surface area (Å²) in [5.74, 6) is 0. The van der Waals surface area contributed by atoms with Crippen LogP contribution < -0.4 is 4.90 Å². The average molecular weight is 189 g/mol. The van der Waals surface area contributed by atoms with E-state index in [0.717, 1.165) is 0 Å². The lowest BCUT2D eigenvalue weighted by Gasteiger charge is -2.35. The minimum atomic E-state index is 0.0772. The maximum Gasteiger partial charge on any atom is 0.0440 e. The highest BCUT2D eigenvalue weighted by Crippen LogP contribution is 2.26. The van der Waals surface area contributed by atoms with Crippen LogP contribution in [0.2, 0.25) is 0 Å². The molecular formula is C13H19N. The SMILES string of the molecule is C=CN(c1ccccc1C)C(C)(C)C. The zero-order valence-corrected chi connectivity index (χ0v) is 9.54. The highest BCUT2D eigenvalue weighted by atomic mass is 15.2. The van der Waals surface area contributed by atoms with Gasteiger partial charge in [0.05, 0.1) is 0 Å². The number of nitrogens with zero attached hydrogens (tertiary/aromatic N) is 1. The molecule has 0 atom stereocenters. The van der Waals surface area contributed by atoms with Crippen molar-refractivity contribution in [1.29, 1.82) is 0 Å². The Balaban J connectivity index is 3.14. The number of hydrogen-bond donors (Lipinski definition) is 0. The normalized spacial score (nSPS) is 11.1. The first-order chi connectivity index (χ1) is 6.46. The molecule has 1 heteroatoms. The Labute approximate surface area is 87.1 Å². The van der Waals surface area contributed by atoms with Crippen molar-refractivity contribution in [3.05, 3.63) is 42.6 Å². The Bertz CT molecular complexity index is 320. The van der Waals surface area contributed by atoms with Crippen LogP contribution in [0, 0.1) is 6.92 Å². The van der Waals surface area contributed by atoms with E-state index in [-0.39, 0.29) is 5.54 Å². The van der Waals surface area contributed by atoms with E-state index in [9.17, 15) is 0 Å². The maximum absolute atomic E-state index is 3.87. The predicted molar refractivity (Wildman–Crippen MR) is 63.6 cm³/mol. The molecule has 0 unspecified atom stereocenters. The van der Waals surface area contributed by atoms with Crippen LogP contribution in [0.1, 0.15) is 26.3 Å². The van der Waals surface area contributed by atoms with E-state index >= 15 is 0 Å². The quantitative estimate of drug-likeness (QED) is 0.685. The average Bonchev–Trinajstić information content (AvgIpc) is 2.07. The van der Waals surface area contributed by atoms with Gasteiger partial charge in [0.1, 0.15) is 0 Å². The summed E-state index contributed by atoms with van der Waals surface area (Å²) < 4.78 is 0. The van der Waals surface area contributed by atoms with Gasteiger partial charge in [0.25, 0.3) is 0 Å². The van der Waals surface area contributed by atoms with Crippen molar-refractivity contribution in [3.63, 3.8) is 0 Å². The standard InChI is InChI=1S/C13H19N/c1-6-14(13(3,4)5)12-10-8-7-9-11(12)2/h6-10H,1H2,2-5H3. The zero-order valence-electron chi connectivity index (χ0n) is 9.54. The highest BCUT2D eigenvalue weighted by molar-refractivity contribution is 5.56. The molecule has 0 aliphatic rings. The van der Waals surface area contributed by atoms with Crippen LogP contribution in [0.15, 0.2) is 37.0 Å². The molecule has 0 heterocycles. The van der Waals surface area contributed by atoms with E-state index in [1.54, 1.807) is 0 Å². The van der Waals surface area contributed by atoms with E-state index in [1.807, 2.05) is 6.20 Å². The van der Waals surface area contributed by atoms with Crippen LogP contribution in [0.3, 0.4) is 0 Å². The summed E-state index contributed by atoms with van der Waals surface area (Å²) in [5, 5.41) is 0. The first-order valence-corrected chi connectivity index (χ1v) is 4.94. The van der Waals surface area contributed by atoms with E-state index in [2.05, 4.69) is 63.4 Å². The second-order valence-corrected chi connectivity index (χ2v) is 4.51. The van der Waals surface area contributed by atoms with Crippen LogP contribution in [-0.4, -0.2) is 5.54 Å². The summed E-state index contributed by atoms with van der Waals surface area (Å²) >= 11 is 0. The predicted octanol–water partition coefficient (Wildman–Crippen LogP) is 3.74. The summed E-state index contributed by atoms with van der Waals surface area (Å²) in [5.41, 5.74) is 2.59. The van der Waals surface area contributed by atoms with Crippen molar-refractivity contribution < 1.29 is 0 Å². The van der Waals surface area contributed by atoms with E-state index in [1.165, 1.54) is 11.3 Å². The molecule has 1 rings (SSSR count). The minimum absolute atomic E-state index is 0.0772. The number of benzene rings is 1. The van der Waals surface area contributed by atoms with Gasteiger partial charge in [-0.05, 0) is 45.5 Å². The first kappa shape index (κ1) is 10.8. The van der Waals surface area contributed by atoms with Crippen LogP contribution in [0.25, 0.3) is 0 Å². The van der Waals surface area contributed by atoms with E-state index in [4.69, 9.17) is 0 Å².